The third-order valence-electron chi connectivity index (χ3n) is 5.79. The Kier molecular flexibility index (Phi) is 7.09. The van der Waals surface area contributed by atoms with Crippen molar-refractivity contribution in [3.63, 3.8) is 0 Å². The molecule has 0 saturated heterocycles. The van der Waals surface area contributed by atoms with Crippen LogP contribution in [-0.2, 0) is 5.41 Å². The van der Waals surface area contributed by atoms with E-state index in [-0.39, 0.29) is 10.9 Å². The smallest absolute Gasteiger partial charge is 0.266 e. The number of rotatable bonds is 6. The number of hydrogen-bond acceptors (Lipinski definition) is 4. The van der Waals surface area contributed by atoms with Gasteiger partial charge in [-0.2, -0.15) is 0 Å². The van der Waals surface area contributed by atoms with Crippen molar-refractivity contribution in [3.8, 4) is 0 Å². The Balaban J connectivity index is 0.00000149. The third kappa shape index (κ3) is 4.58. The minimum Gasteiger partial charge on any atom is -0.363 e. The molecule has 0 unspecified atom stereocenters. The van der Waals surface area contributed by atoms with E-state index < -0.39 is 35.7 Å². The van der Waals surface area contributed by atoms with E-state index in [9.17, 15) is 22.0 Å². The highest BCUT2D eigenvalue weighted by molar-refractivity contribution is 5.97. The van der Waals surface area contributed by atoms with E-state index in [2.05, 4.69) is 27.2 Å². The first kappa shape index (κ1) is 24.7. The molecule has 1 aliphatic carbocycles. The average Bonchev–Trinajstić information content (AvgIpc) is 3.56. The quantitative estimate of drug-likeness (QED) is 0.579. The van der Waals surface area contributed by atoms with Crippen LogP contribution in [0, 0.1) is 5.82 Å². The highest BCUT2D eigenvalue weighted by atomic mass is 19.3. The van der Waals surface area contributed by atoms with Gasteiger partial charge in [0.1, 0.15) is 23.3 Å². The summed E-state index contributed by atoms with van der Waals surface area (Å²) in [5.41, 5.74) is -1.54. The number of hydrogen-bond donors (Lipinski definition) is 2. The summed E-state index contributed by atoms with van der Waals surface area (Å²) in [6.07, 6.45) is -4.80. The number of nitrogens with one attached hydrogen (secondary N) is 2. The fourth-order valence-electron chi connectivity index (χ4n) is 3.89. The maximum atomic E-state index is 14.6. The summed E-state index contributed by atoms with van der Waals surface area (Å²) in [7, 11) is 0. The van der Waals surface area contributed by atoms with Crippen LogP contribution in [0.2, 0.25) is 0 Å². The number of aliphatic imine (C=N–C) groups is 1. The van der Waals surface area contributed by atoms with Crippen LogP contribution in [0.5, 0.6) is 0 Å². The summed E-state index contributed by atoms with van der Waals surface area (Å²) in [5, 5.41) is 6.72. The molecule has 2 N–H and O–H groups in total. The van der Waals surface area contributed by atoms with Crippen molar-refractivity contribution in [3.05, 3.63) is 57.3 Å². The maximum absolute atomic E-state index is 14.6. The van der Waals surface area contributed by atoms with Gasteiger partial charge in [0.15, 0.2) is 0 Å². The first-order valence-electron chi connectivity index (χ1n) is 10.8. The number of alkyl halides is 4. The Labute approximate surface area is 189 Å². The van der Waals surface area contributed by atoms with Gasteiger partial charge in [0.2, 0.25) is 6.43 Å². The van der Waals surface area contributed by atoms with Gasteiger partial charge in [0.25, 0.3) is 6.43 Å². The van der Waals surface area contributed by atoms with E-state index in [1.807, 2.05) is 13.8 Å². The lowest BCUT2D eigenvalue weighted by Gasteiger charge is -2.23. The zero-order valence-corrected chi connectivity index (χ0v) is 18.9. The summed E-state index contributed by atoms with van der Waals surface area (Å²) in [5.74, 6) is 0.176. The van der Waals surface area contributed by atoms with Crippen LogP contribution in [-0.4, -0.2) is 17.2 Å². The van der Waals surface area contributed by atoms with E-state index in [1.165, 1.54) is 12.1 Å². The van der Waals surface area contributed by atoms with Crippen molar-refractivity contribution in [2.75, 3.05) is 5.32 Å². The lowest BCUT2D eigenvalue weighted by molar-refractivity contribution is 0.101. The standard InChI is InChI=1S/C22H21F5N4.C2H6/c1-10(13-5-4-6-14(17(13)23)18(24)25)28-19-15-9-16(22(7-8-22)21(26)27)11(2)29-20(15)31-12(3)30-19;1-2/h4-6,9-10,18,21H,2,7-8H2,1,3H3,(H2,28,29,30,31);1-2H3/t10-;/m1./s1. The molecule has 0 spiro atoms. The molecule has 2 heterocycles. The number of halogens is 5. The van der Waals surface area contributed by atoms with Gasteiger partial charge in [-0.15, -0.1) is 0 Å². The Hall–Kier alpha value is -2.97. The molecule has 0 amide bonds. The van der Waals surface area contributed by atoms with E-state index in [0.29, 0.717) is 41.1 Å². The fourth-order valence-corrected chi connectivity index (χ4v) is 3.89. The van der Waals surface area contributed by atoms with Crippen molar-refractivity contribution < 1.29 is 22.0 Å². The van der Waals surface area contributed by atoms with Gasteiger partial charge in [-0.05, 0) is 38.3 Å². The number of anilines is 1. The number of nitrogens with zero attached hydrogens (tertiary/aromatic N) is 2. The molecule has 1 aromatic carbocycles. The van der Waals surface area contributed by atoms with Crippen LogP contribution in [0.3, 0.4) is 0 Å². The van der Waals surface area contributed by atoms with E-state index in [0.717, 1.165) is 6.07 Å². The molecule has 1 atom stereocenters. The summed E-state index contributed by atoms with van der Waals surface area (Å²) >= 11 is 0. The molecule has 2 aromatic rings. The van der Waals surface area contributed by atoms with Crippen molar-refractivity contribution >= 4 is 24.1 Å². The Morgan fingerprint density at radius 2 is 1.76 bits per heavy atom. The fraction of sp³-hybridized carbons (Fsp3) is 0.417. The molecule has 4 rings (SSSR count). The van der Waals surface area contributed by atoms with Crippen LogP contribution < -0.4 is 21.2 Å². The van der Waals surface area contributed by atoms with Gasteiger partial charge in [-0.3, -0.25) is 0 Å². The number of aromatic nitrogens is 1. The highest BCUT2D eigenvalue weighted by Crippen LogP contribution is 2.51. The molecule has 1 aromatic heterocycles. The molecule has 0 radical (unpaired) electrons. The number of benzene rings is 1. The van der Waals surface area contributed by atoms with Crippen LogP contribution in [0.4, 0.5) is 27.8 Å². The van der Waals surface area contributed by atoms with Crippen LogP contribution >= 0.6 is 0 Å². The third-order valence-corrected chi connectivity index (χ3v) is 5.79. The number of pyridine rings is 1. The van der Waals surface area contributed by atoms with Gasteiger partial charge in [0, 0.05) is 5.56 Å². The first-order chi connectivity index (χ1) is 15.6. The molecule has 178 valence electrons. The topological polar surface area (TPSA) is 49.3 Å². The zero-order valence-electron chi connectivity index (χ0n) is 18.9. The van der Waals surface area contributed by atoms with Gasteiger partial charge >= 0.3 is 0 Å². The van der Waals surface area contributed by atoms with Crippen molar-refractivity contribution in [1.82, 2.24) is 10.3 Å². The van der Waals surface area contributed by atoms with Crippen molar-refractivity contribution in [2.45, 2.75) is 64.8 Å². The Morgan fingerprint density at radius 1 is 1.12 bits per heavy atom. The molecule has 2 aliphatic rings. The largest absolute Gasteiger partial charge is 0.363 e. The minimum atomic E-state index is -2.94. The summed E-state index contributed by atoms with van der Waals surface area (Å²) in [4.78, 5) is 8.75. The van der Waals surface area contributed by atoms with Crippen LogP contribution in [0.25, 0.3) is 12.4 Å². The second-order valence-corrected chi connectivity index (χ2v) is 7.92. The highest BCUT2D eigenvalue weighted by Gasteiger charge is 2.53. The first-order valence-corrected chi connectivity index (χ1v) is 10.8. The molecular weight excluding hydrogens is 439 g/mol. The molecule has 4 nitrogen and oxygen atoms in total. The van der Waals surface area contributed by atoms with Crippen molar-refractivity contribution in [1.29, 1.82) is 0 Å². The van der Waals surface area contributed by atoms with E-state index in [4.69, 9.17) is 0 Å². The molecule has 1 fully saturated rings. The van der Waals surface area contributed by atoms with Gasteiger partial charge in [-0.25, -0.2) is 31.9 Å². The predicted octanol–water partition coefficient (Wildman–Crippen LogP) is 5.15. The molecule has 0 bridgehead atoms. The van der Waals surface area contributed by atoms with Crippen molar-refractivity contribution in [2.24, 2.45) is 4.99 Å². The maximum Gasteiger partial charge on any atom is 0.266 e. The lowest BCUT2D eigenvalue weighted by atomic mass is 9.96. The summed E-state index contributed by atoms with van der Waals surface area (Å²) < 4.78 is 68.1. The van der Waals surface area contributed by atoms with Crippen LogP contribution in [0.15, 0.2) is 29.3 Å². The summed E-state index contributed by atoms with van der Waals surface area (Å²) in [6, 6.07) is 4.69. The minimum absolute atomic E-state index is 0.0476. The number of fused-ring (bicyclic) bond motifs is 1. The predicted molar refractivity (Wildman–Crippen MR) is 120 cm³/mol. The molecule has 33 heavy (non-hydrogen) atoms. The Morgan fingerprint density at radius 3 is 2.33 bits per heavy atom. The molecule has 1 aliphatic heterocycles. The average molecular weight is 466 g/mol. The second-order valence-electron chi connectivity index (χ2n) is 7.92. The second kappa shape index (κ2) is 9.49. The lowest BCUT2D eigenvalue weighted by Crippen LogP contribution is -2.37. The SMILES string of the molecule is C=c1nc2c(cc1C1(C(F)F)CC1)=C(N[C@H](C)c1cccc(C(F)F)c1F)N=C(C)N2.CC. The number of amidine groups is 1. The molecule has 1 saturated carbocycles. The summed E-state index contributed by atoms with van der Waals surface area (Å²) in [6.45, 7) is 11.1. The van der Waals surface area contributed by atoms with Gasteiger partial charge in [-0.1, -0.05) is 38.6 Å². The molecular formula is C24H27F5N4. The Bertz CT molecular complexity index is 1170. The van der Waals surface area contributed by atoms with Gasteiger partial charge in [0.05, 0.1) is 27.6 Å². The van der Waals surface area contributed by atoms with E-state index >= 15 is 0 Å². The van der Waals surface area contributed by atoms with E-state index in [1.54, 1.807) is 19.9 Å². The normalized spacial score (nSPS) is 16.9. The van der Waals surface area contributed by atoms with Gasteiger partial charge < -0.3 is 10.6 Å². The monoisotopic (exact) mass is 466 g/mol. The molecule has 9 heteroatoms. The van der Waals surface area contributed by atoms with Crippen LogP contribution in [0.1, 0.15) is 69.7 Å². The zero-order chi connectivity index (χ0) is 24.5.